The molecule has 1 saturated carbocycles. The van der Waals surface area contributed by atoms with Crippen LogP contribution in [0.3, 0.4) is 0 Å². The number of anilines is 1. The number of piperazine rings is 1. The van der Waals surface area contributed by atoms with Crippen LogP contribution in [0.2, 0.25) is 0 Å². The summed E-state index contributed by atoms with van der Waals surface area (Å²) in [4.78, 5) is 21.1. The average molecular weight is 628 g/mol. The smallest absolute Gasteiger partial charge is 0.335 e. The Hall–Kier alpha value is -4.73. The summed E-state index contributed by atoms with van der Waals surface area (Å²) in [6.07, 6.45) is 2.81. The zero-order valence-electron chi connectivity index (χ0n) is 25.1. The summed E-state index contributed by atoms with van der Waals surface area (Å²) in [6.45, 7) is 4.71. The molecule has 236 valence electrons. The van der Waals surface area contributed by atoms with Gasteiger partial charge in [0.05, 0.1) is 53.2 Å². The molecular weight excluding hydrogens is 596 g/mol. The fraction of sp³-hybridized carbons (Fsp3) is 0.382. The zero-order chi connectivity index (χ0) is 31.7. The fourth-order valence-corrected chi connectivity index (χ4v) is 7.21. The summed E-state index contributed by atoms with van der Waals surface area (Å²) in [5.41, 5.74) is 1.83. The quantitative estimate of drug-likeness (QED) is 0.297. The Bertz CT molecular complexity index is 1940. The molecule has 2 saturated heterocycles. The molecule has 4 aliphatic rings. The van der Waals surface area contributed by atoms with Crippen LogP contribution >= 0.6 is 0 Å². The number of hydrogen-bond acceptors (Lipinski definition) is 8. The van der Waals surface area contributed by atoms with Crippen LogP contribution in [-0.2, 0) is 23.6 Å². The van der Waals surface area contributed by atoms with Gasteiger partial charge in [0.15, 0.2) is 17.3 Å². The Morgan fingerprint density at radius 2 is 1.91 bits per heavy atom. The number of benzene rings is 3. The molecule has 0 radical (unpaired) electrons. The predicted molar refractivity (Wildman–Crippen MR) is 162 cm³/mol. The number of nitrogens with zero attached hydrogens (tertiary/aromatic N) is 5. The second-order valence-corrected chi connectivity index (χ2v) is 12.5. The van der Waals surface area contributed by atoms with Crippen molar-refractivity contribution in [3.63, 3.8) is 0 Å². The van der Waals surface area contributed by atoms with Gasteiger partial charge in [-0.2, -0.15) is 5.26 Å². The van der Waals surface area contributed by atoms with Gasteiger partial charge in [-0.3, -0.25) is 4.90 Å². The van der Waals surface area contributed by atoms with E-state index in [1.807, 2.05) is 28.8 Å². The number of carbonyl (C=O) groups is 1. The number of para-hydroxylation sites is 1. The first-order valence-corrected chi connectivity index (χ1v) is 15.5. The van der Waals surface area contributed by atoms with Gasteiger partial charge < -0.3 is 28.8 Å². The van der Waals surface area contributed by atoms with Crippen LogP contribution < -0.4 is 14.4 Å². The Morgan fingerprint density at radius 1 is 1.09 bits per heavy atom. The molecule has 4 aromatic rings. The van der Waals surface area contributed by atoms with Crippen molar-refractivity contribution in [2.45, 2.75) is 63.3 Å². The van der Waals surface area contributed by atoms with Crippen molar-refractivity contribution in [2.75, 3.05) is 24.6 Å². The predicted octanol–water partition coefficient (Wildman–Crippen LogP) is 5.17. The van der Waals surface area contributed by atoms with Gasteiger partial charge in [-0.25, -0.2) is 18.6 Å². The monoisotopic (exact) mass is 627 g/mol. The molecule has 4 atom stereocenters. The molecule has 1 N–H and O–H groups in total. The maximum Gasteiger partial charge on any atom is 0.335 e. The van der Waals surface area contributed by atoms with Crippen LogP contribution in [0.15, 0.2) is 48.5 Å². The molecule has 0 bridgehead atoms. The summed E-state index contributed by atoms with van der Waals surface area (Å²) >= 11 is 0. The number of aromatic nitrogens is 2. The van der Waals surface area contributed by atoms with E-state index in [1.165, 1.54) is 18.2 Å². The third kappa shape index (κ3) is 4.56. The van der Waals surface area contributed by atoms with Crippen molar-refractivity contribution in [3.8, 4) is 17.6 Å². The van der Waals surface area contributed by atoms with E-state index in [4.69, 9.17) is 19.5 Å². The molecule has 4 heterocycles. The van der Waals surface area contributed by atoms with Gasteiger partial charge >= 0.3 is 5.97 Å². The molecule has 3 fully saturated rings. The lowest BCUT2D eigenvalue weighted by molar-refractivity contribution is -0.0706. The molecule has 1 aliphatic carbocycles. The van der Waals surface area contributed by atoms with Crippen LogP contribution in [-0.4, -0.2) is 63.4 Å². The van der Waals surface area contributed by atoms with Crippen LogP contribution in [0, 0.1) is 23.0 Å². The second kappa shape index (κ2) is 10.7. The van der Waals surface area contributed by atoms with Crippen LogP contribution in [0.5, 0.6) is 11.5 Å². The Morgan fingerprint density at radius 3 is 2.61 bits per heavy atom. The van der Waals surface area contributed by atoms with E-state index in [0.29, 0.717) is 55.6 Å². The largest absolute Gasteiger partial charge is 0.478 e. The number of halogens is 2. The van der Waals surface area contributed by atoms with E-state index >= 15 is 8.78 Å². The third-order valence-electron chi connectivity index (χ3n) is 9.81. The van der Waals surface area contributed by atoms with Crippen molar-refractivity contribution in [1.82, 2.24) is 14.5 Å². The molecule has 3 aliphatic heterocycles. The number of ether oxygens (including phenoxy) is 3. The van der Waals surface area contributed by atoms with Gasteiger partial charge in [-0.15, -0.1) is 0 Å². The highest BCUT2D eigenvalue weighted by Gasteiger charge is 2.47. The first kappa shape index (κ1) is 28.7. The van der Waals surface area contributed by atoms with Gasteiger partial charge in [0.1, 0.15) is 17.2 Å². The molecular formula is C34H31F2N5O5. The van der Waals surface area contributed by atoms with Crippen LogP contribution in [0.1, 0.15) is 53.5 Å². The van der Waals surface area contributed by atoms with Crippen molar-refractivity contribution in [2.24, 2.45) is 0 Å². The molecule has 46 heavy (non-hydrogen) atoms. The fourth-order valence-electron chi connectivity index (χ4n) is 7.21. The summed E-state index contributed by atoms with van der Waals surface area (Å²) < 4.78 is 50.3. The van der Waals surface area contributed by atoms with Gasteiger partial charge in [0.25, 0.3) is 5.79 Å². The van der Waals surface area contributed by atoms with Crippen molar-refractivity contribution in [3.05, 3.63) is 82.7 Å². The number of imidazole rings is 1. The highest BCUT2D eigenvalue weighted by molar-refractivity contribution is 5.92. The Balaban J connectivity index is 1.06. The van der Waals surface area contributed by atoms with Gasteiger partial charge in [0, 0.05) is 38.7 Å². The number of fused-ring (bicyclic) bond motifs is 3. The lowest BCUT2D eigenvalue weighted by Gasteiger charge is -2.54. The molecule has 3 aromatic carbocycles. The van der Waals surface area contributed by atoms with Crippen molar-refractivity contribution in [1.29, 1.82) is 5.26 Å². The van der Waals surface area contributed by atoms with Crippen molar-refractivity contribution >= 4 is 22.7 Å². The minimum atomic E-state index is -1.39. The Labute approximate surface area is 263 Å². The molecule has 0 spiro atoms. The summed E-state index contributed by atoms with van der Waals surface area (Å²) in [7, 11) is 0. The normalized spacial score (nSPS) is 25.1. The maximum atomic E-state index is 15.1. The highest BCUT2D eigenvalue weighted by atomic mass is 19.1. The standard InChI is InChI=1S/C34H31F2N5O5/c1-34(22-6-5-19(16-37)13-23(22)35)45-29-4-2-3-27(32(29)46-34)40-11-10-39(25-7-8-26(25)40)18-30-38-31-24(36)14-20(33(42)43)15-28(31)41(30)17-21-9-12-44-21/h2-6,13-15,21,25-26H,7-12,17-18H2,1H3,(H,42,43)/t21-,25+,26+,34-/m0/s1. The highest BCUT2D eigenvalue weighted by Crippen LogP contribution is 2.51. The Kier molecular flexibility index (Phi) is 6.67. The molecule has 10 nitrogen and oxygen atoms in total. The minimum absolute atomic E-state index is 0.0215. The summed E-state index contributed by atoms with van der Waals surface area (Å²) in [6, 6.07) is 14.8. The number of carboxylic acids is 1. The lowest BCUT2D eigenvalue weighted by atomic mass is 9.81. The van der Waals surface area contributed by atoms with Gasteiger partial charge in [-0.05, 0) is 61.7 Å². The van der Waals surface area contributed by atoms with E-state index in [0.717, 1.165) is 31.0 Å². The van der Waals surface area contributed by atoms with Crippen LogP contribution in [0.25, 0.3) is 11.0 Å². The number of hydrogen-bond donors (Lipinski definition) is 1. The number of carboxylic acid groups (broad SMARTS) is 1. The maximum absolute atomic E-state index is 15.1. The van der Waals surface area contributed by atoms with E-state index < -0.39 is 23.4 Å². The zero-order valence-corrected chi connectivity index (χ0v) is 25.1. The summed E-state index contributed by atoms with van der Waals surface area (Å²) in [5.74, 6) is -2.04. The third-order valence-corrected chi connectivity index (χ3v) is 9.81. The summed E-state index contributed by atoms with van der Waals surface area (Å²) in [5, 5.41) is 18.7. The molecule has 0 unspecified atom stereocenters. The van der Waals surface area contributed by atoms with E-state index in [9.17, 15) is 9.90 Å². The first-order valence-electron chi connectivity index (χ1n) is 15.5. The number of rotatable bonds is 7. The SMILES string of the molecule is C[C@]1(c2ccc(C#N)cc2F)Oc2cccc(N3CCN(Cc4nc5c(F)cc(C(=O)O)cc5n4C[C@@H]4CCO4)[C@@H]4CC[C@H]43)c2O1. The first-order chi connectivity index (χ1) is 22.2. The lowest BCUT2D eigenvalue weighted by Crippen LogP contribution is -2.64. The average Bonchev–Trinajstić information content (AvgIpc) is 3.52. The molecule has 0 amide bonds. The minimum Gasteiger partial charge on any atom is -0.478 e. The van der Waals surface area contributed by atoms with Crippen molar-refractivity contribution < 1.29 is 32.9 Å². The topological polar surface area (TPSA) is 113 Å². The molecule has 8 rings (SSSR count). The molecule has 1 aromatic heterocycles. The number of aromatic carboxylic acids is 1. The van der Waals surface area contributed by atoms with E-state index in [-0.39, 0.29) is 40.4 Å². The van der Waals surface area contributed by atoms with Crippen LogP contribution in [0.4, 0.5) is 14.5 Å². The number of nitriles is 1. The van der Waals surface area contributed by atoms with E-state index in [1.54, 1.807) is 13.0 Å². The van der Waals surface area contributed by atoms with E-state index in [2.05, 4.69) is 14.8 Å². The van der Waals surface area contributed by atoms with Gasteiger partial charge in [-0.1, -0.05) is 6.07 Å². The molecule has 12 heteroatoms. The second-order valence-electron chi connectivity index (χ2n) is 12.5. The van der Waals surface area contributed by atoms with Gasteiger partial charge in [0.2, 0.25) is 0 Å².